The summed E-state index contributed by atoms with van der Waals surface area (Å²) in [5.41, 5.74) is 3.11. The molecule has 0 bridgehead atoms. The van der Waals surface area contributed by atoms with E-state index in [0.717, 1.165) is 62.4 Å². The van der Waals surface area contributed by atoms with Crippen molar-refractivity contribution in [1.82, 2.24) is 19.8 Å². The fourth-order valence-electron chi connectivity index (χ4n) is 3.82. The first-order chi connectivity index (χ1) is 12.2. The number of rotatable bonds is 2. The molecule has 5 nitrogen and oxygen atoms in total. The molecule has 1 amide bonds. The quantitative estimate of drug-likeness (QED) is 0.846. The van der Waals surface area contributed by atoms with Crippen LogP contribution in [-0.4, -0.2) is 45.8 Å². The lowest BCUT2D eigenvalue weighted by Gasteiger charge is -2.35. The van der Waals surface area contributed by atoms with Gasteiger partial charge in [-0.3, -0.25) is 4.79 Å². The smallest absolute Gasteiger partial charge is 0.254 e. The van der Waals surface area contributed by atoms with Crippen LogP contribution in [0.3, 0.4) is 0 Å². The number of aromatic nitrogens is 2. The molecule has 0 aliphatic carbocycles. The monoisotopic (exact) mass is 336 g/mol. The van der Waals surface area contributed by atoms with E-state index in [2.05, 4.69) is 16.9 Å². The van der Waals surface area contributed by atoms with Gasteiger partial charge in [0.15, 0.2) is 5.82 Å². The molecule has 0 radical (unpaired) electrons. The van der Waals surface area contributed by atoms with Gasteiger partial charge in [-0.05, 0) is 38.4 Å². The zero-order valence-corrected chi connectivity index (χ0v) is 14.7. The zero-order chi connectivity index (χ0) is 17.2. The Labute approximate surface area is 148 Å². The predicted molar refractivity (Wildman–Crippen MR) is 96.1 cm³/mol. The van der Waals surface area contributed by atoms with E-state index < -0.39 is 0 Å². The molecule has 3 heterocycles. The molecule has 0 spiro atoms. The molecule has 0 unspecified atom stereocenters. The van der Waals surface area contributed by atoms with Crippen molar-refractivity contribution < 1.29 is 4.79 Å². The van der Waals surface area contributed by atoms with Crippen molar-refractivity contribution in [3.8, 4) is 0 Å². The third-order valence-electron chi connectivity index (χ3n) is 5.23. The first-order valence-corrected chi connectivity index (χ1v) is 9.11. The van der Waals surface area contributed by atoms with Gasteiger partial charge in [0.05, 0.1) is 6.04 Å². The molecule has 2 aliphatic heterocycles. The van der Waals surface area contributed by atoms with Gasteiger partial charge in [-0.1, -0.05) is 18.2 Å². The maximum atomic E-state index is 13.0. The number of piperidine rings is 1. The van der Waals surface area contributed by atoms with Crippen LogP contribution in [0.1, 0.15) is 52.7 Å². The maximum Gasteiger partial charge on any atom is 0.254 e. The number of hydrogen-bond donors (Lipinski definition) is 0. The summed E-state index contributed by atoms with van der Waals surface area (Å²) in [5.74, 6) is 0.902. The Morgan fingerprint density at radius 1 is 1.16 bits per heavy atom. The van der Waals surface area contributed by atoms with Crippen molar-refractivity contribution in [2.75, 3.05) is 20.1 Å². The fraction of sp³-hybridized carbons (Fsp3) is 0.450. The summed E-state index contributed by atoms with van der Waals surface area (Å²) in [7, 11) is 2.12. The molecule has 2 aromatic rings. The highest BCUT2D eigenvalue weighted by Crippen LogP contribution is 2.31. The van der Waals surface area contributed by atoms with Crippen molar-refractivity contribution in [3.63, 3.8) is 0 Å². The van der Waals surface area contributed by atoms with Gasteiger partial charge < -0.3 is 9.80 Å². The number of carbonyl (C=O) groups excluding carboxylic acids is 1. The van der Waals surface area contributed by atoms with Crippen LogP contribution in [0, 0.1) is 0 Å². The third-order valence-corrected chi connectivity index (χ3v) is 5.23. The number of benzene rings is 1. The van der Waals surface area contributed by atoms with Crippen LogP contribution < -0.4 is 0 Å². The van der Waals surface area contributed by atoms with E-state index in [1.807, 2.05) is 41.4 Å². The highest BCUT2D eigenvalue weighted by atomic mass is 16.2. The minimum absolute atomic E-state index is 0.00795. The molecule has 130 valence electrons. The van der Waals surface area contributed by atoms with Crippen LogP contribution in [0.25, 0.3) is 0 Å². The lowest BCUT2D eigenvalue weighted by Crippen LogP contribution is -2.39. The molecule has 1 atom stereocenters. The van der Waals surface area contributed by atoms with E-state index >= 15 is 0 Å². The highest BCUT2D eigenvalue weighted by molar-refractivity contribution is 5.94. The molecular formula is C20H24N4O. The number of hydrogen-bond acceptors (Lipinski definition) is 4. The second-order valence-electron chi connectivity index (χ2n) is 7.06. The molecule has 1 saturated heterocycles. The number of carbonyl (C=O) groups is 1. The number of fused-ring (bicyclic) bond motifs is 1. The second kappa shape index (κ2) is 6.92. The van der Waals surface area contributed by atoms with Gasteiger partial charge in [0.25, 0.3) is 5.91 Å². The number of likely N-dealkylation sites (N-methyl/N-ethyl adjacent to an activating group) is 1. The van der Waals surface area contributed by atoms with E-state index in [1.165, 1.54) is 5.56 Å². The largest absolute Gasteiger partial charge is 0.328 e. The summed E-state index contributed by atoms with van der Waals surface area (Å²) < 4.78 is 0. The van der Waals surface area contributed by atoms with E-state index in [-0.39, 0.29) is 11.9 Å². The Balaban J connectivity index is 1.62. The first-order valence-electron chi connectivity index (χ1n) is 9.11. The van der Waals surface area contributed by atoms with Gasteiger partial charge in [0.2, 0.25) is 0 Å². The lowest BCUT2D eigenvalue weighted by molar-refractivity contribution is 0.0599. The first kappa shape index (κ1) is 16.2. The minimum atomic E-state index is -0.00795. The van der Waals surface area contributed by atoms with E-state index in [9.17, 15) is 4.79 Å². The van der Waals surface area contributed by atoms with E-state index in [0.29, 0.717) is 0 Å². The highest BCUT2D eigenvalue weighted by Gasteiger charge is 2.31. The minimum Gasteiger partial charge on any atom is -0.328 e. The molecule has 25 heavy (non-hydrogen) atoms. The van der Waals surface area contributed by atoms with Crippen LogP contribution >= 0.6 is 0 Å². The Hall–Kier alpha value is -2.27. The van der Waals surface area contributed by atoms with Crippen molar-refractivity contribution in [1.29, 1.82) is 0 Å². The van der Waals surface area contributed by atoms with Crippen LogP contribution in [0.5, 0.6) is 0 Å². The van der Waals surface area contributed by atoms with Gasteiger partial charge in [-0.15, -0.1) is 0 Å². The SMILES string of the molecule is CN1CCc2nc([C@H]3CCCCN3C(=O)c3ccccc3)ncc2C1. The van der Waals surface area contributed by atoms with Crippen molar-refractivity contribution >= 4 is 5.91 Å². The summed E-state index contributed by atoms with van der Waals surface area (Å²) in [6.45, 7) is 2.72. The second-order valence-corrected chi connectivity index (χ2v) is 7.06. The van der Waals surface area contributed by atoms with Gasteiger partial charge in [-0.25, -0.2) is 9.97 Å². The van der Waals surface area contributed by atoms with Crippen molar-refractivity contribution in [2.24, 2.45) is 0 Å². The molecule has 1 aromatic carbocycles. The Morgan fingerprint density at radius 3 is 2.84 bits per heavy atom. The summed E-state index contributed by atoms with van der Waals surface area (Å²) in [4.78, 5) is 26.7. The summed E-state index contributed by atoms with van der Waals surface area (Å²) in [5, 5.41) is 0. The average Bonchev–Trinajstić information content (AvgIpc) is 2.67. The van der Waals surface area contributed by atoms with E-state index in [1.54, 1.807) is 0 Å². The maximum absolute atomic E-state index is 13.0. The Morgan fingerprint density at radius 2 is 2.00 bits per heavy atom. The predicted octanol–water partition coefficient (Wildman–Crippen LogP) is 2.83. The normalized spacial score (nSPS) is 21.0. The van der Waals surface area contributed by atoms with Gasteiger partial charge >= 0.3 is 0 Å². The fourth-order valence-corrected chi connectivity index (χ4v) is 3.82. The standard InChI is InChI=1S/C20H24N4O/c1-23-12-10-17-16(14-23)13-21-19(22-17)18-9-5-6-11-24(18)20(25)15-7-3-2-4-8-15/h2-4,7-8,13,18H,5-6,9-12,14H2,1H3/t18-/m1/s1. The number of nitrogens with zero attached hydrogens (tertiary/aromatic N) is 4. The topological polar surface area (TPSA) is 49.3 Å². The van der Waals surface area contributed by atoms with Gasteiger partial charge in [0, 0.05) is 49.1 Å². The van der Waals surface area contributed by atoms with Crippen LogP contribution in [0.2, 0.25) is 0 Å². The van der Waals surface area contributed by atoms with Crippen LogP contribution in [0.4, 0.5) is 0 Å². The molecule has 2 aliphatic rings. The molecule has 0 saturated carbocycles. The van der Waals surface area contributed by atoms with Crippen LogP contribution in [-0.2, 0) is 13.0 Å². The number of likely N-dealkylation sites (tertiary alicyclic amines) is 1. The Bertz CT molecular complexity index is 762. The van der Waals surface area contributed by atoms with Gasteiger partial charge in [0.1, 0.15) is 0 Å². The Kier molecular flexibility index (Phi) is 4.49. The molecule has 0 N–H and O–H groups in total. The molecule has 5 heteroatoms. The molecule has 1 aromatic heterocycles. The summed E-state index contributed by atoms with van der Waals surface area (Å²) in [6, 6.07) is 9.53. The van der Waals surface area contributed by atoms with E-state index in [4.69, 9.17) is 4.98 Å². The molecule has 1 fully saturated rings. The summed E-state index contributed by atoms with van der Waals surface area (Å²) >= 11 is 0. The van der Waals surface area contributed by atoms with Gasteiger partial charge in [-0.2, -0.15) is 0 Å². The molecular weight excluding hydrogens is 312 g/mol. The third kappa shape index (κ3) is 3.29. The average molecular weight is 336 g/mol. The van der Waals surface area contributed by atoms with Crippen molar-refractivity contribution in [3.05, 3.63) is 59.2 Å². The zero-order valence-electron chi connectivity index (χ0n) is 14.7. The van der Waals surface area contributed by atoms with Crippen molar-refractivity contribution in [2.45, 2.75) is 38.3 Å². The molecule has 4 rings (SSSR count). The lowest BCUT2D eigenvalue weighted by atomic mass is 9.99. The number of amides is 1. The van der Waals surface area contributed by atoms with Crippen LogP contribution in [0.15, 0.2) is 36.5 Å². The summed E-state index contributed by atoms with van der Waals surface area (Å²) in [6.07, 6.45) is 6.03.